The average molecular weight is 330 g/mol. The van der Waals surface area contributed by atoms with Crippen LogP contribution in [0, 0.1) is 28.1 Å². The van der Waals surface area contributed by atoms with E-state index in [1.165, 1.54) is 6.42 Å². The second-order valence-electron chi connectivity index (χ2n) is 8.58. The smallest absolute Gasteiger partial charge is 0.255 e. The molecular formula is C22H22N2O. The highest BCUT2D eigenvalue weighted by Gasteiger charge is 2.78. The summed E-state index contributed by atoms with van der Waals surface area (Å²) in [6.45, 7) is 5.27. The Morgan fingerprint density at radius 3 is 2.72 bits per heavy atom. The quantitative estimate of drug-likeness (QED) is 0.778. The predicted molar refractivity (Wildman–Crippen MR) is 96.9 cm³/mol. The van der Waals surface area contributed by atoms with Gasteiger partial charge in [-0.3, -0.25) is 4.79 Å². The first-order valence-electron chi connectivity index (χ1n) is 9.18. The van der Waals surface area contributed by atoms with Gasteiger partial charge in [-0.2, -0.15) is 5.26 Å². The van der Waals surface area contributed by atoms with Crippen molar-refractivity contribution in [3.8, 4) is 6.07 Å². The van der Waals surface area contributed by atoms with E-state index in [1.807, 2.05) is 47.4 Å². The zero-order valence-electron chi connectivity index (χ0n) is 14.7. The molecule has 0 aromatic heterocycles. The molecule has 5 rings (SSSR count). The summed E-state index contributed by atoms with van der Waals surface area (Å²) < 4.78 is 0. The molecule has 0 spiro atoms. The number of likely N-dealkylation sites (tertiary alicyclic amines) is 1. The number of hydrogen-bond donors (Lipinski definition) is 0. The fourth-order valence-electron chi connectivity index (χ4n) is 6.31. The van der Waals surface area contributed by atoms with Crippen molar-refractivity contribution in [1.82, 2.24) is 4.90 Å². The SMILES string of the molecule is C[C@]12CC[C@H]3C[C@@]1(C#N)N(C(=O)c1cccc4ccccc14)C[C@@]32C. The minimum absolute atomic E-state index is 0.0219. The Balaban J connectivity index is 1.65. The van der Waals surface area contributed by atoms with Gasteiger partial charge in [0, 0.05) is 17.5 Å². The molecule has 3 fully saturated rings. The summed E-state index contributed by atoms with van der Waals surface area (Å²) in [7, 11) is 0. The summed E-state index contributed by atoms with van der Waals surface area (Å²) in [5, 5.41) is 12.2. The average Bonchev–Trinajstić information content (AvgIpc) is 3.09. The second kappa shape index (κ2) is 4.43. The largest absolute Gasteiger partial charge is 0.319 e. The minimum Gasteiger partial charge on any atom is -0.319 e. The van der Waals surface area contributed by atoms with Gasteiger partial charge >= 0.3 is 0 Å². The molecule has 0 unspecified atom stereocenters. The molecule has 2 saturated carbocycles. The monoisotopic (exact) mass is 330 g/mol. The Bertz CT molecular complexity index is 955. The van der Waals surface area contributed by atoms with Gasteiger partial charge in [0.1, 0.15) is 5.54 Å². The molecule has 1 heterocycles. The van der Waals surface area contributed by atoms with Crippen LogP contribution < -0.4 is 0 Å². The number of nitrogens with zero attached hydrogens (tertiary/aromatic N) is 2. The lowest BCUT2D eigenvalue weighted by Crippen LogP contribution is -2.54. The van der Waals surface area contributed by atoms with Crippen LogP contribution in [0.4, 0.5) is 0 Å². The Labute approximate surface area is 148 Å². The molecule has 0 N–H and O–H groups in total. The zero-order valence-corrected chi connectivity index (χ0v) is 14.7. The van der Waals surface area contributed by atoms with Crippen molar-refractivity contribution in [3.63, 3.8) is 0 Å². The third-order valence-electron chi connectivity index (χ3n) is 8.01. The molecule has 4 bridgehead atoms. The number of carbonyl (C=O) groups excluding carboxylic acids is 1. The van der Waals surface area contributed by atoms with Gasteiger partial charge in [-0.05, 0) is 47.4 Å². The molecule has 4 atom stereocenters. The highest BCUT2D eigenvalue weighted by Crippen LogP contribution is 2.75. The first-order valence-corrected chi connectivity index (χ1v) is 9.18. The maximum atomic E-state index is 13.6. The van der Waals surface area contributed by atoms with Crippen LogP contribution in [0.3, 0.4) is 0 Å². The highest BCUT2D eigenvalue weighted by molar-refractivity contribution is 6.07. The van der Waals surface area contributed by atoms with Gasteiger partial charge in [-0.1, -0.05) is 50.2 Å². The summed E-state index contributed by atoms with van der Waals surface area (Å²) in [5.41, 5.74) is 0.0739. The molecule has 3 nitrogen and oxygen atoms in total. The van der Waals surface area contributed by atoms with Gasteiger partial charge < -0.3 is 4.90 Å². The topological polar surface area (TPSA) is 44.1 Å². The summed E-state index contributed by atoms with van der Waals surface area (Å²) in [6, 6.07) is 16.5. The number of rotatable bonds is 1. The Kier molecular flexibility index (Phi) is 2.65. The van der Waals surface area contributed by atoms with Crippen LogP contribution in [0.2, 0.25) is 0 Å². The molecule has 3 heteroatoms. The Hall–Kier alpha value is -2.34. The van der Waals surface area contributed by atoms with Crippen LogP contribution in [0.25, 0.3) is 10.8 Å². The molecule has 25 heavy (non-hydrogen) atoms. The van der Waals surface area contributed by atoms with Crippen molar-refractivity contribution in [2.45, 2.75) is 38.6 Å². The molecule has 2 aromatic rings. The first-order chi connectivity index (χ1) is 12.0. The van der Waals surface area contributed by atoms with Crippen molar-refractivity contribution in [2.24, 2.45) is 16.7 Å². The molecule has 3 aliphatic rings. The number of piperidine rings is 1. The number of amides is 1. The number of carbonyl (C=O) groups is 1. The second-order valence-corrected chi connectivity index (χ2v) is 8.58. The Morgan fingerprint density at radius 2 is 1.96 bits per heavy atom. The van der Waals surface area contributed by atoms with E-state index in [4.69, 9.17) is 0 Å². The van der Waals surface area contributed by atoms with E-state index in [2.05, 4.69) is 19.9 Å². The van der Waals surface area contributed by atoms with Gasteiger partial charge in [0.15, 0.2) is 0 Å². The summed E-state index contributed by atoms with van der Waals surface area (Å²) >= 11 is 0. The third-order valence-corrected chi connectivity index (χ3v) is 8.01. The van der Waals surface area contributed by atoms with Crippen LogP contribution in [-0.4, -0.2) is 22.9 Å². The minimum atomic E-state index is -0.640. The number of nitriles is 1. The molecule has 1 saturated heterocycles. The van der Waals surface area contributed by atoms with Gasteiger partial charge in [-0.25, -0.2) is 0 Å². The van der Waals surface area contributed by atoms with Crippen molar-refractivity contribution < 1.29 is 4.79 Å². The fourth-order valence-corrected chi connectivity index (χ4v) is 6.31. The number of fused-ring (bicyclic) bond motifs is 1. The third kappa shape index (κ3) is 1.46. The molecule has 0 radical (unpaired) electrons. The van der Waals surface area contributed by atoms with E-state index >= 15 is 0 Å². The van der Waals surface area contributed by atoms with Crippen LogP contribution in [-0.2, 0) is 0 Å². The van der Waals surface area contributed by atoms with Gasteiger partial charge in [0.2, 0.25) is 0 Å². The Morgan fingerprint density at radius 1 is 1.20 bits per heavy atom. The van der Waals surface area contributed by atoms with E-state index < -0.39 is 5.54 Å². The van der Waals surface area contributed by atoms with Gasteiger partial charge in [0.05, 0.1) is 6.07 Å². The van der Waals surface area contributed by atoms with E-state index in [1.54, 1.807) is 0 Å². The van der Waals surface area contributed by atoms with Crippen molar-refractivity contribution >= 4 is 16.7 Å². The van der Waals surface area contributed by atoms with Crippen LogP contribution in [0.1, 0.15) is 43.5 Å². The van der Waals surface area contributed by atoms with Crippen molar-refractivity contribution in [2.75, 3.05) is 6.54 Å². The van der Waals surface area contributed by atoms with E-state index in [0.717, 1.165) is 29.2 Å². The van der Waals surface area contributed by atoms with Crippen LogP contribution >= 0.6 is 0 Å². The molecule has 1 aliphatic heterocycles. The fraction of sp³-hybridized carbons (Fsp3) is 0.455. The van der Waals surface area contributed by atoms with E-state index in [0.29, 0.717) is 12.5 Å². The van der Waals surface area contributed by atoms with Gasteiger partial charge in [0.25, 0.3) is 5.91 Å². The van der Waals surface area contributed by atoms with Crippen LogP contribution in [0.5, 0.6) is 0 Å². The zero-order chi connectivity index (χ0) is 17.4. The van der Waals surface area contributed by atoms with E-state index in [-0.39, 0.29) is 16.7 Å². The number of benzene rings is 2. The molecule has 2 aromatic carbocycles. The molecule has 2 aliphatic carbocycles. The van der Waals surface area contributed by atoms with Crippen LogP contribution in [0.15, 0.2) is 42.5 Å². The summed E-state index contributed by atoms with van der Waals surface area (Å²) in [6.07, 6.45) is 3.10. The first kappa shape index (κ1) is 15.0. The normalized spacial score (nSPS) is 38.3. The standard InChI is InChI=1S/C22H22N2O/c1-20-14-24(22(13-23)12-16(20)10-11-21(20,22)2)19(25)18-9-5-7-15-6-3-4-8-17(15)18/h3-9,16H,10-12,14H2,1-2H3/t16-,20-,21+,22-/m0/s1. The molecule has 1 amide bonds. The lowest BCUT2D eigenvalue weighted by atomic mass is 9.66. The maximum Gasteiger partial charge on any atom is 0.255 e. The highest BCUT2D eigenvalue weighted by atomic mass is 16.2. The molecule has 126 valence electrons. The number of hydrogen-bond acceptors (Lipinski definition) is 2. The maximum absolute atomic E-state index is 13.6. The lowest BCUT2D eigenvalue weighted by molar-refractivity contribution is 0.0432. The van der Waals surface area contributed by atoms with Gasteiger partial charge in [-0.15, -0.1) is 0 Å². The van der Waals surface area contributed by atoms with Crippen molar-refractivity contribution in [3.05, 3.63) is 48.0 Å². The summed E-state index contributed by atoms with van der Waals surface area (Å²) in [5.74, 6) is 0.599. The van der Waals surface area contributed by atoms with Crippen molar-refractivity contribution in [1.29, 1.82) is 5.26 Å². The lowest BCUT2D eigenvalue weighted by Gasteiger charge is -2.43. The molecular weight excluding hydrogens is 308 g/mol. The predicted octanol–water partition coefficient (Wildman–Crippen LogP) is 4.38. The van der Waals surface area contributed by atoms with E-state index in [9.17, 15) is 10.1 Å². The summed E-state index contributed by atoms with van der Waals surface area (Å²) in [4.78, 5) is 15.5.